The normalized spacial score (nSPS) is 15.7. The molecule has 1 heterocycles. The van der Waals surface area contributed by atoms with E-state index >= 15 is 0 Å². The highest BCUT2D eigenvalue weighted by Crippen LogP contribution is 2.07. The second-order valence-corrected chi connectivity index (χ2v) is 3.49. The van der Waals surface area contributed by atoms with Gasteiger partial charge in [0.05, 0.1) is 0 Å². The minimum Gasteiger partial charge on any atom is -0.476 e. The zero-order valence-electron chi connectivity index (χ0n) is 9.45. The van der Waals surface area contributed by atoms with Crippen LogP contribution in [0.15, 0.2) is 16.5 Å². The van der Waals surface area contributed by atoms with Gasteiger partial charge >= 0.3 is 5.97 Å². The second-order valence-electron chi connectivity index (χ2n) is 3.49. The number of hydrogen-bond acceptors (Lipinski definition) is 6. The lowest BCUT2D eigenvalue weighted by atomic mass is 10.1. The highest BCUT2D eigenvalue weighted by atomic mass is 16.4. The van der Waals surface area contributed by atoms with Crippen molar-refractivity contribution in [1.29, 1.82) is 0 Å². The minimum absolute atomic E-state index is 0.0553. The van der Waals surface area contributed by atoms with Crippen LogP contribution in [0.5, 0.6) is 0 Å². The average Bonchev–Trinajstić information content (AvgIpc) is 2.22. The van der Waals surface area contributed by atoms with Crippen LogP contribution in [0.4, 0.5) is 0 Å². The van der Waals surface area contributed by atoms with Gasteiger partial charge in [-0.2, -0.15) is 0 Å². The minimum atomic E-state index is -1.09. The molecule has 0 aromatic carbocycles. The van der Waals surface area contributed by atoms with Crippen LogP contribution in [0.25, 0.3) is 0 Å². The van der Waals surface area contributed by atoms with E-state index in [0.717, 1.165) is 24.6 Å². The molecular weight excluding hydrogens is 210 g/mol. The maximum Gasteiger partial charge on any atom is 0.356 e. The summed E-state index contributed by atoms with van der Waals surface area (Å²) in [6.45, 7) is 4.52. The summed E-state index contributed by atoms with van der Waals surface area (Å²) in [5.41, 5.74) is 3.23. The molecular formula is C9H17N5O2. The molecule has 1 rings (SSSR count). The van der Waals surface area contributed by atoms with Crippen molar-refractivity contribution < 1.29 is 9.90 Å². The van der Waals surface area contributed by atoms with Crippen molar-refractivity contribution >= 4 is 11.7 Å². The van der Waals surface area contributed by atoms with Gasteiger partial charge in [-0.3, -0.25) is 5.43 Å². The molecule has 0 amide bonds. The molecule has 0 saturated carbocycles. The molecule has 0 saturated heterocycles. The van der Waals surface area contributed by atoms with Gasteiger partial charge in [0.2, 0.25) is 0 Å². The zero-order valence-corrected chi connectivity index (χ0v) is 9.45. The molecule has 16 heavy (non-hydrogen) atoms. The van der Waals surface area contributed by atoms with Crippen LogP contribution in [0, 0.1) is 0 Å². The van der Waals surface area contributed by atoms with E-state index in [2.05, 4.69) is 22.8 Å². The molecule has 0 fully saturated rings. The van der Waals surface area contributed by atoms with Crippen LogP contribution in [-0.4, -0.2) is 28.6 Å². The molecule has 7 heteroatoms. The smallest absolute Gasteiger partial charge is 0.356 e. The number of hydrogen-bond donors (Lipinski definition) is 4. The summed E-state index contributed by atoms with van der Waals surface area (Å²) in [7, 11) is 0. The van der Waals surface area contributed by atoms with E-state index < -0.39 is 5.97 Å². The van der Waals surface area contributed by atoms with Gasteiger partial charge in [-0.1, -0.05) is 13.3 Å². The number of aliphatic carboxylic acids is 1. The van der Waals surface area contributed by atoms with Crippen LogP contribution in [0.1, 0.15) is 26.7 Å². The largest absolute Gasteiger partial charge is 0.476 e. The molecule has 0 atom stereocenters. The first-order valence-electron chi connectivity index (χ1n) is 5.14. The lowest BCUT2D eigenvalue weighted by Crippen LogP contribution is -2.48. The number of nitrogens with two attached hydrogens (primary N) is 1. The van der Waals surface area contributed by atoms with Gasteiger partial charge in [-0.05, 0) is 13.3 Å². The quantitative estimate of drug-likeness (QED) is 0.381. The molecule has 0 aromatic rings. The fourth-order valence-corrected chi connectivity index (χ4v) is 1.29. The Balaban J connectivity index is 2.77. The molecule has 0 bridgehead atoms. The molecule has 90 valence electrons. The van der Waals surface area contributed by atoms with Gasteiger partial charge < -0.3 is 10.4 Å². The van der Waals surface area contributed by atoms with Gasteiger partial charge in [0.15, 0.2) is 5.71 Å². The van der Waals surface area contributed by atoms with E-state index in [-0.39, 0.29) is 5.71 Å². The van der Waals surface area contributed by atoms with Gasteiger partial charge in [-0.15, -0.1) is 10.3 Å². The van der Waals surface area contributed by atoms with Gasteiger partial charge in [0, 0.05) is 12.1 Å². The standard InChI is InChI=1S/C9H17N5O2/c1-3-4-5-11-8-6(2)7(9(15)16)12-14(10)13-8/h11,13H,3-5,10H2,1-2H3,(H,15,16). The van der Waals surface area contributed by atoms with Crippen molar-refractivity contribution in [3.05, 3.63) is 11.4 Å². The first-order valence-corrected chi connectivity index (χ1v) is 5.14. The van der Waals surface area contributed by atoms with Crippen molar-refractivity contribution in [3.63, 3.8) is 0 Å². The summed E-state index contributed by atoms with van der Waals surface area (Å²) < 4.78 is 0. The number of nitrogens with one attached hydrogen (secondary N) is 2. The van der Waals surface area contributed by atoms with Crippen molar-refractivity contribution in [1.82, 2.24) is 16.0 Å². The third kappa shape index (κ3) is 2.86. The Morgan fingerprint density at radius 1 is 1.69 bits per heavy atom. The van der Waals surface area contributed by atoms with E-state index in [9.17, 15) is 4.79 Å². The Kier molecular flexibility index (Phi) is 4.12. The van der Waals surface area contributed by atoms with Crippen LogP contribution >= 0.6 is 0 Å². The maximum absolute atomic E-state index is 10.9. The van der Waals surface area contributed by atoms with Crippen LogP contribution in [0.3, 0.4) is 0 Å². The van der Waals surface area contributed by atoms with E-state index in [1.165, 1.54) is 0 Å². The molecule has 0 unspecified atom stereocenters. The van der Waals surface area contributed by atoms with Crippen molar-refractivity contribution in [2.24, 2.45) is 10.9 Å². The lowest BCUT2D eigenvalue weighted by molar-refractivity contribution is -0.129. The Labute approximate surface area is 93.9 Å². The molecule has 0 aromatic heterocycles. The van der Waals surface area contributed by atoms with Crippen molar-refractivity contribution in [2.75, 3.05) is 6.54 Å². The summed E-state index contributed by atoms with van der Waals surface area (Å²) in [4.78, 5) is 10.9. The molecule has 1 aliphatic rings. The average molecular weight is 227 g/mol. The number of nitrogens with zero attached hydrogens (tertiary/aromatic N) is 2. The molecule has 0 spiro atoms. The molecule has 1 aliphatic heterocycles. The van der Waals surface area contributed by atoms with Crippen molar-refractivity contribution in [3.8, 4) is 0 Å². The van der Waals surface area contributed by atoms with E-state index in [1.54, 1.807) is 6.92 Å². The first kappa shape index (κ1) is 12.3. The summed E-state index contributed by atoms with van der Waals surface area (Å²) in [6, 6.07) is 0. The highest BCUT2D eigenvalue weighted by molar-refractivity contribution is 6.42. The summed E-state index contributed by atoms with van der Waals surface area (Å²) in [5, 5.41) is 16.6. The van der Waals surface area contributed by atoms with Crippen LogP contribution in [0.2, 0.25) is 0 Å². The predicted octanol–water partition coefficient (Wildman–Crippen LogP) is -0.258. The van der Waals surface area contributed by atoms with Crippen LogP contribution in [-0.2, 0) is 4.79 Å². The SMILES string of the molecule is CCCCNC1=C(C)C(C(=O)O)=NN(N)N1. The Bertz CT molecular complexity index is 337. The predicted molar refractivity (Wildman–Crippen MR) is 59.8 cm³/mol. The molecule has 7 nitrogen and oxygen atoms in total. The molecule has 0 aliphatic carbocycles. The Morgan fingerprint density at radius 2 is 2.38 bits per heavy atom. The maximum atomic E-state index is 10.9. The van der Waals surface area contributed by atoms with Gasteiger partial charge in [0.25, 0.3) is 0 Å². The number of hydrazone groups is 1. The second kappa shape index (κ2) is 5.36. The summed E-state index contributed by atoms with van der Waals surface area (Å²) in [6.07, 6.45) is 2.06. The fourth-order valence-electron chi connectivity index (χ4n) is 1.29. The number of carboxylic acid groups (broad SMARTS) is 1. The molecule has 0 radical (unpaired) electrons. The number of carbonyl (C=O) groups is 1. The third-order valence-electron chi connectivity index (χ3n) is 2.20. The highest BCUT2D eigenvalue weighted by Gasteiger charge is 2.22. The van der Waals surface area contributed by atoms with Gasteiger partial charge in [0.1, 0.15) is 5.82 Å². The fraction of sp³-hybridized carbons (Fsp3) is 0.556. The lowest BCUT2D eigenvalue weighted by Gasteiger charge is -2.25. The summed E-state index contributed by atoms with van der Waals surface area (Å²) in [5.74, 6) is 4.91. The third-order valence-corrected chi connectivity index (χ3v) is 2.20. The first-order chi connectivity index (χ1) is 7.56. The molecule has 5 N–H and O–H groups in total. The van der Waals surface area contributed by atoms with Crippen LogP contribution < -0.4 is 16.6 Å². The monoisotopic (exact) mass is 227 g/mol. The summed E-state index contributed by atoms with van der Waals surface area (Å²) >= 11 is 0. The Morgan fingerprint density at radius 3 is 2.94 bits per heavy atom. The topological polar surface area (TPSA) is 103 Å². The zero-order chi connectivity index (χ0) is 12.1. The number of hydrazine groups is 2. The van der Waals surface area contributed by atoms with E-state index in [1.807, 2.05) is 0 Å². The number of rotatable bonds is 5. The number of unbranched alkanes of at least 4 members (excludes halogenated alkanes) is 1. The number of carboxylic acids is 1. The Hall–Kier alpha value is -1.76. The van der Waals surface area contributed by atoms with E-state index in [0.29, 0.717) is 11.4 Å². The van der Waals surface area contributed by atoms with Gasteiger partial charge in [-0.25, -0.2) is 10.6 Å². The van der Waals surface area contributed by atoms with E-state index in [4.69, 9.17) is 10.9 Å². The van der Waals surface area contributed by atoms with Crippen molar-refractivity contribution in [2.45, 2.75) is 26.7 Å².